The molecule has 1 heterocycles. The highest BCUT2D eigenvalue weighted by molar-refractivity contribution is 5.28. The van der Waals surface area contributed by atoms with E-state index in [9.17, 15) is 0 Å². The van der Waals surface area contributed by atoms with Crippen LogP contribution in [-0.2, 0) is 12.0 Å². The smallest absolute Gasteiger partial charge is 0.0852 e. The fourth-order valence-corrected chi connectivity index (χ4v) is 0.952. The van der Waals surface area contributed by atoms with Crippen molar-refractivity contribution in [2.24, 2.45) is 0 Å². The summed E-state index contributed by atoms with van der Waals surface area (Å²) >= 11 is 0. The summed E-state index contributed by atoms with van der Waals surface area (Å²) in [4.78, 5) is 4.01. The Morgan fingerprint density at radius 3 is 2.62 bits per heavy atom. The molecule has 0 aliphatic rings. The fourth-order valence-electron chi connectivity index (χ4n) is 0.952. The molecule has 0 aromatic carbocycles. The molecule has 1 aromatic rings. The van der Waals surface area contributed by atoms with E-state index in [-0.39, 0.29) is 6.61 Å². The van der Waals surface area contributed by atoms with E-state index in [1.165, 1.54) is 0 Å². The molecule has 0 unspecified atom stereocenters. The molecule has 1 aromatic heterocycles. The Bertz CT molecular complexity index is 322. The van der Waals surface area contributed by atoms with Gasteiger partial charge in [-0.25, -0.2) is 0 Å². The number of hydrogen-bond donors (Lipinski definition) is 1. The fraction of sp³-hybridized carbons (Fsp3) is 0.400. The van der Waals surface area contributed by atoms with Crippen molar-refractivity contribution in [1.82, 2.24) is 4.98 Å². The second kappa shape index (κ2) is 3.55. The lowest BCUT2D eigenvalue weighted by atomic mass is 9.87. The Morgan fingerprint density at radius 1 is 1.54 bits per heavy atom. The third kappa shape index (κ3) is 2.04. The Hall–Kier alpha value is -1.40. The number of aliphatic hydroxyl groups excluding tert-OH is 1. The van der Waals surface area contributed by atoms with Gasteiger partial charge in [-0.2, -0.15) is 5.26 Å². The van der Waals surface area contributed by atoms with Crippen LogP contribution in [0.15, 0.2) is 18.3 Å². The number of rotatable bonds is 2. The minimum absolute atomic E-state index is 0.0622. The van der Waals surface area contributed by atoms with Crippen molar-refractivity contribution < 1.29 is 5.11 Å². The first kappa shape index (κ1) is 9.69. The Labute approximate surface area is 77.7 Å². The first-order valence-electron chi connectivity index (χ1n) is 4.07. The van der Waals surface area contributed by atoms with E-state index in [2.05, 4.69) is 11.1 Å². The van der Waals surface area contributed by atoms with Gasteiger partial charge in [0.05, 0.1) is 23.8 Å². The summed E-state index contributed by atoms with van der Waals surface area (Å²) in [6.45, 7) is 3.61. The van der Waals surface area contributed by atoms with Gasteiger partial charge in [0.25, 0.3) is 0 Å². The monoisotopic (exact) mass is 176 g/mol. The molecule has 3 heteroatoms. The predicted molar refractivity (Wildman–Crippen MR) is 48.8 cm³/mol. The van der Waals surface area contributed by atoms with Gasteiger partial charge in [-0.1, -0.05) is 6.07 Å². The molecule has 0 spiro atoms. The number of aliphatic hydroxyl groups is 1. The van der Waals surface area contributed by atoms with Gasteiger partial charge in [-0.05, 0) is 25.5 Å². The van der Waals surface area contributed by atoms with Crippen LogP contribution in [-0.4, -0.2) is 10.1 Å². The largest absolute Gasteiger partial charge is 0.390 e. The standard InChI is InChI=1S/C10H12N2O/c1-10(2,7-11)8-3-4-9(6-13)12-5-8/h3-5,13H,6H2,1-2H3. The molecule has 0 fully saturated rings. The zero-order valence-electron chi connectivity index (χ0n) is 7.78. The molecular weight excluding hydrogens is 164 g/mol. The number of nitriles is 1. The van der Waals surface area contributed by atoms with Gasteiger partial charge < -0.3 is 5.11 Å². The zero-order chi connectivity index (χ0) is 9.90. The lowest BCUT2D eigenvalue weighted by Gasteiger charge is -2.14. The van der Waals surface area contributed by atoms with Crippen molar-refractivity contribution in [1.29, 1.82) is 5.26 Å². The summed E-state index contributed by atoms with van der Waals surface area (Å²) < 4.78 is 0. The van der Waals surface area contributed by atoms with E-state index in [4.69, 9.17) is 10.4 Å². The lowest BCUT2D eigenvalue weighted by Crippen LogP contribution is -2.14. The second-order valence-electron chi connectivity index (χ2n) is 3.43. The molecule has 3 nitrogen and oxygen atoms in total. The predicted octanol–water partition coefficient (Wildman–Crippen LogP) is 1.38. The maximum absolute atomic E-state index is 8.85. The van der Waals surface area contributed by atoms with Crippen molar-refractivity contribution in [2.45, 2.75) is 25.9 Å². The van der Waals surface area contributed by atoms with Gasteiger partial charge in [0.1, 0.15) is 0 Å². The van der Waals surface area contributed by atoms with Crippen LogP contribution < -0.4 is 0 Å². The third-order valence-electron chi connectivity index (χ3n) is 1.99. The molecule has 1 rings (SSSR count). The molecule has 0 aliphatic heterocycles. The molecule has 0 saturated carbocycles. The topological polar surface area (TPSA) is 56.9 Å². The van der Waals surface area contributed by atoms with Crippen molar-refractivity contribution in [3.8, 4) is 6.07 Å². The first-order valence-corrected chi connectivity index (χ1v) is 4.07. The summed E-state index contributed by atoms with van der Waals surface area (Å²) in [5.41, 5.74) is 0.978. The van der Waals surface area contributed by atoms with Crippen molar-refractivity contribution in [2.75, 3.05) is 0 Å². The highest BCUT2D eigenvalue weighted by Gasteiger charge is 2.19. The minimum atomic E-state index is -0.513. The highest BCUT2D eigenvalue weighted by Crippen LogP contribution is 2.20. The van der Waals surface area contributed by atoms with Gasteiger partial charge in [0.2, 0.25) is 0 Å². The average molecular weight is 176 g/mol. The summed E-state index contributed by atoms with van der Waals surface area (Å²) in [6.07, 6.45) is 1.63. The summed E-state index contributed by atoms with van der Waals surface area (Å²) in [6, 6.07) is 5.74. The summed E-state index contributed by atoms with van der Waals surface area (Å²) in [7, 11) is 0. The van der Waals surface area contributed by atoms with Gasteiger partial charge >= 0.3 is 0 Å². The van der Waals surface area contributed by atoms with E-state index in [1.54, 1.807) is 12.3 Å². The van der Waals surface area contributed by atoms with Crippen molar-refractivity contribution in [3.63, 3.8) is 0 Å². The average Bonchev–Trinajstić information content (AvgIpc) is 2.18. The van der Waals surface area contributed by atoms with Gasteiger partial charge in [-0.3, -0.25) is 4.98 Å². The van der Waals surface area contributed by atoms with Crippen molar-refractivity contribution in [3.05, 3.63) is 29.6 Å². The Balaban J connectivity index is 3.00. The molecule has 13 heavy (non-hydrogen) atoms. The first-order chi connectivity index (χ1) is 6.10. The second-order valence-corrected chi connectivity index (χ2v) is 3.43. The van der Waals surface area contributed by atoms with Crippen LogP contribution in [0.3, 0.4) is 0 Å². The normalized spacial score (nSPS) is 10.9. The molecular formula is C10H12N2O. The zero-order valence-corrected chi connectivity index (χ0v) is 7.78. The molecule has 0 atom stereocenters. The molecule has 1 N–H and O–H groups in total. The van der Waals surface area contributed by atoms with Crippen LogP contribution in [0, 0.1) is 11.3 Å². The van der Waals surface area contributed by atoms with Gasteiger partial charge in [-0.15, -0.1) is 0 Å². The molecule has 0 aliphatic carbocycles. The van der Waals surface area contributed by atoms with Crippen LogP contribution in [0.1, 0.15) is 25.1 Å². The van der Waals surface area contributed by atoms with E-state index < -0.39 is 5.41 Å². The third-order valence-corrected chi connectivity index (χ3v) is 1.99. The van der Waals surface area contributed by atoms with Crippen LogP contribution in [0.25, 0.3) is 0 Å². The van der Waals surface area contributed by atoms with Crippen LogP contribution in [0.2, 0.25) is 0 Å². The highest BCUT2D eigenvalue weighted by atomic mass is 16.3. The molecule has 0 radical (unpaired) electrons. The molecule has 0 saturated heterocycles. The SMILES string of the molecule is CC(C)(C#N)c1ccc(CO)nc1. The number of nitrogens with zero attached hydrogens (tertiary/aromatic N) is 2. The van der Waals surface area contributed by atoms with Crippen LogP contribution >= 0.6 is 0 Å². The lowest BCUT2D eigenvalue weighted by molar-refractivity contribution is 0.276. The number of aromatic nitrogens is 1. The van der Waals surface area contributed by atoms with E-state index in [1.807, 2.05) is 19.9 Å². The van der Waals surface area contributed by atoms with Crippen molar-refractivity contribution >= 4 is 0 Å². The van der Waals surface area contributed by atoms with E-state index in [0.717, 1.165) is 5.56 Å². The molecule has 68 valence electrons. The van der Waals surface area contributed by atoms with Crippen LogP contribution in [0.5, 0.6) is 0 Å². The Kier molecular flexibility index (Phi) is 2.64. The number of hydrogen-bond acceptors (Lipinski definition) is 3. The van der Waals surface area contributed by atoms with E-state index in [0.29, 0.717) is 5.69 Å². The Morgan fingerprint density at radius 2 is 2.23 bits per heavy atom. The maximum atomic E-state index is 8.85. The van der Waals surface area contributed by atoms with E-state index >= 15 is 0 Å². The quantitative estimate of drug-likeness (QED) is 0.740. The maximum Gasteiger partial charge on any atom is 0.0852 e. The summed E-state index contributed by atoms with van der Waals surface area (Å²) in [5.74, 6) is 0. The number of pyridine rings is 1. The molecule has 0 amide bonds. The minimum Gasteiger partial charge on any atom is -0.390 e. The van der Waals surface area contributed by atoms with Crippen LogP contribution in [0.4, 0.5) is 0 Å². The van der Waals surface area contributed by atoms with Gasteiger partial charge in [0.15, 0.2) is 0 Å². The summed E-state index contributed by atoms with van der Waals surface area (Å²) in [5, 5.41) is 17.6. The van der Waals surface area contributed by atoms with Gasteiger partial charge in [0, 0.05) is 6.20 Å². The molecule has 0 bridgehead atoms.